The van der Waals surface area contributed by atoms with Gasteiger partial charge < -0.3 is 20.3 Å². The second kappa shape index (κ2) is 6.60. The molecule has 21 heavy (non-hydrogen) atoms. The number of H-pyrrole nitrogens is 1. The molecule has 1 aliphatic heterocycles. The van der Waals surface area contributed by atoms with Gasteiger partial charge in [-0.25, -0.2) is 14.6 Å². The second-order valence-electron chi connectivity index (χ2n) is 5.66. The number of nitrogens with one attached hydrogen (secondary N) is 2. The van der Waals surface area contributed by atoms with Crippen LogP contribution in [0, 0.1) is 0 Å². The number of hydrogen-bond donors (Lipinski definition) is 3. The number of carbonyl (C=O) groups excluding carboxylic acids is 1. The van der Waals surface area contributed by atoms with Gasteiger partial charge in [0.1, 0.15) is 6.04 Å². The molecule has 0 spiro atoms. The van der Waals surface area contributed by atoms with Gasteiger partial charge in [0.2, 0.25) is 0 Å². The molecule has 3 N–H and O–H groups in total. The Morgan fingerprint density at radius 2 is 2.14 bits per heavy atom. The fraction of sp³-hybridized carbons (Fsp3) is 0.643. The number of carboxylic acid groups (broad SMARTS) is 1. The lowest BCUT2D eigenvalue weighted by atomic mass is 9.98. The Hall–Kier alpha value is -2.05. The zero-order valence-corrected chi connectivity index (χ0v) is 12.4. The third-order valence-corrected chi connectivity index (χ3v) is 4.00. The van der Waals surface area contributed by atoms with Gasteiger partial charge in [-0.15, -0.1) is 0 Å². The van der Waals surface area contributed by atoms with E-state index in [4.69, 9.17) is 0 Å². The molecule has 1 aliphatic rings. The van der Waals surface area contributed by atoms with E-state index in [0.717, 1.165) is 19.3 Å². The molecule has 1 unspecified atom stereocenters. The van der Waals surface area contributed by atoms with Gasteiger partial charge in [0.15, 0.2) is 0 Å². The van der Waals surface area contributed by atoms with E-state index >= 15 is 0 Å². The topological polar surface area (TPSA) is 98.3 Å². The van der Waals surface area contributed by atoms with E-state index in [9.17, 15) is 14.7 Å². The van der Waals surface area contributed by atoms with E-state index in [1.807, 2.05) is 13.8 Å². The zero-order valence-electron chi connectivity index (χ0n) is 12.4. The molecule has 0 radical (unpaired) electrons. The summed E-state index contributed by atoms with van der Waals surface area (Å²) in [5.74, 6) is -1.05. The molecule has 2 heterocycles. The maximum Gasteiger partial charge on any atom is 0.326 e. The highest BCUT2D eigenvalue weighted by Crippen LogP contribution is 2.22. The number of aliphatic carboxylic acids is 1. The van der Waals surface area contributed by atoms with Crippen LogP contribution in [0.2, 0.25) is 0 Å². The van der Waals surface area contributed by atoms with Gasteiger partial charge in [-0.1, -0.05) is 0 Å². The van der Waals surface area contributed by atoms with Crippen molar-refractivity contribution >= 4 is 12.0 Å². The third kappa shape index (κ3) is 3.74. The number of aromatic nitrogens is 2. The Balaban J connectivity index is 2.02. The Kier molecular flexibility index (Phi) is 4.82. The summed E-state index contributed by atoms with van der Waals surface area (Å²) in [5.41, 5.74) is 0.683. The normalized spacial score (nSPS) is 23.6. The van der Waals surface area contributed by atoms with Crippen molar-refractivity contribution in [2.75, 3.05) is 0 Å². The molecule has 0 aliphatic carbocycles. The van der Waals surface area contributed by atoms with Crippen molar-refractivity contribution in [1.29, 1.82) is 0 Å². The van der Waals surface area contributed by atoms with Gasteiger partial charge in [0.05, 0.1) is 6.33 Å². The number of urea groups is 1. The summed E-state index contributed by atoms with van der Waals surface area (Å²) >= 11 is 0. The van der Waals surface area contributed by atoms with Gasteiger partial charge in [-0.2, -0.15) is 0 Å². The van der Waals surface area contributed by atoms with Crippen LogP contribution in [0.4, 0.5) is 4.79 Å². The number of carbonyl (C=O) groups is 2. The summed E-state index contributed by atoms with van der Waals surface area (Å²) < 4.78 is 0. The highest BCUT2D eigenvalue weighted by molar-refractivity contribution is 5.83. The lowest BCUT2D eigenvalue weighted by Crippen LogP contribution is -2.55. The molecule has 1 fully saturated rings. The minimum atomic E-state index is -1.05. The number of imidazole rings is 1. The predicted octanol–water partition coefficient (Wildman–Crippen LogP) is 1.38. The van der Waals surface area contributed by atoms with Crippen LogP contribution in [0.5, 0.6) is 0 Å². The fourth-order valence-corrected chi connectivity index (χ4v) is 2.86. The number of carboxylic acids is 1. The second-order valence-corrected chi connectivity index (χ2v) is 5.66. The smallest absolute Gasteiger partial charge is 0.326 e. The van der Waals surface area contributed by atoms with Crippen molar-refractivity contribution in [3.05, 3.63) is 18.2 Å². The standard InChI is InChI=1S/C14H22N4O3/c1-9-4-3-5-10(2)18(9)14(21)17-12(13(19)20)6-11-7-15-8-16-11/h7-10,12H,3-6H2,1-2H3,(H,15,16)(H,17,21)(H,19,20)/t9-,10+,12?. The van der Waals surface area contributed by atoms with E-state index in [0.29, 0.717) is 5.69 Å². The molecular formula is C14H22N4O3. The highest BCUT2D eigenvalue weighted by atomic mass is 16.4. The number of likely N-dealkylation sites (tertiary alicyclic amines) is 1. The maximum absolute atomic E-state index is 12.4. The van der Waals surface area contributed by atoms with Crippen molar-refractivity contribution in [3.63, 3.8) is 0 Å². The monoisotopic (exact) mass is 294 g/mol. The molecular weight excluding hydrogens is 272 g/mol. The Morgan fingerprint density at radius 1 is 1.48 bits per heavy atom. The lowest BCUT2D eigenvalue weighted by Gasteiger charge is -2.39. The zero-order chi connectivity index (χ0) is 15.4. The molecule has 1 aromatic rings. The summed E-state index contributed by atoms with van der Waals surface area (Å²) in [4.78, 5) is 32.2. The van der Waals surface area contributed by atoms with Crippen LogP contribution in [-0.2, 0) is 11.2 Å². The minimum Gasteiger partial charge on any atom is -0.480 e. The molecule has 3 atom stereocenters. The van der Waals surface area contributed by atoms with Gasteiger partial charge in [-0.05, 0) is 33.1 Å². The Morgan fingerprint density at radius 3 is 2.67 bits per heavy atom. The molecule has 2 rings (SSSR count). The van der Waals surface area contributed by atoms with Crippen molar-refractivity contribution in [3.8, 4) is 0 Å². The molecule has 7 heteroatoms. The Labute approximate surface area is 123 Å². The number of piperidine rings is 1. The molecule has 0 aromatic carbocycles. The molecule has 7 nitrogen and oxygen atoms in total. The summed E-state index contributed by atoms with van der Waals surface area (Å²) in [6.45, 7) is 4.00. The van der Waals surface area contributed by atoms with Crippen molar-refractivity contribution in [1.82, 2.24) is 20.2 Å². The van der Waals surface area contributed by atoms with Gasteiger partial charge >= 0.3 is 12.0 Å². The van der Waals surface area contributed by atoms with Crippen molar-refractivity contribution < 1.29 is 14.7 Å². The van der Waals surface area contributed by atoms with Crippen LogP contribution in [-0.4, -0.2) is 50.1 Å². The average molecular weight is 294 g/mol. The predicted molar refractivity (Wildman–Crippen MR) is 76.9 cm³/mol. The van der Waals surface area contributed by atoms with E-state index in [1.54, 1.807) is 11.1 Å². The lowest BCUT2D eigenvalue weighted by molar-refractivity contribution is -0.139. The fourth-order valence-electron chi connectivity index (χ4n) is 2.86. The molecule has 116 valence electrons. The number of rotatable bonds is 4. The molecule has 0 bridgehead atoms. The van der Waals surface area contributed by atoms with Gasteiger partial charge in [0.25, 0.3) is 0 Å². The van der Waals surface area contributed by atoms with Crippen LogP contribution >= 0.6 is 0 Å². The first-order valence-corrected chi connectivity index (χ1v) is 7.28. The number of nitrogens with zero attached hydrogens (tertiary/aromatic N) is 2. The SMILES string of the molecule is C[C@@H]1CCC[C@H](C)N1C(=O)NC(Cc1cnc[nH]1)C(=O)O. The van der Waals surface area contributed by atoms with E-state index < -0.39 is 12.0 Å². The summed E-state index contributed by atoms with van der Waals surface area (Å²) in [6.07, 6.45) is 6.26. The van der Waals surface area contributed by atoms with Crippen LogP contribution in [0.3, 0.4) is 0 Å². The van der Waals surface area contributed by atoms with Crippen LogP contribution in [0.15, 0.2) is 12.5 Å². The average Bonchev–Trinajstić information content (AvgIpc) is 2.90. The van der Waals surface area contributed by atoms with Gasteiger partial charge in [0, 0.05) is 30.4 Å². The minimum absolute atomic E-state index is 0.135. The molecule has 2 amide bonds. The Bertz CT molecular complexity index is 478. The van der Waals surface area contributed by atoms with Crippen molar-refractivity contribution in [2.45, 2.75) is 57.7 Å². The first kappa shape index (κ1) is 15.3. The highest BCUT2D eigenvalue weighted by Gasteiger charge is 2.31. The maximum atomic E-state index is 12.4. The summed E-state index contributed by atoms with van der Waals surface area (Å²) in [5, 5.41) is 11.9. The van der Waals surface area contributed by atoms with Crippen LogP contribution in [0.1, 0.15) is 38.8 Å². The van der Waals surface area contributed by atoms with E-state index in [1.165, 1.54) is 6.33 Å². The van der Waals surface area contributed by atoms with E-state index in [-0.39, 0.29) is 24.5 Å². The summed E-state index contributed by atoms with van der Waals surface area (Å²) in [7, 11) is 0. The number of aromatic amines is 1. The first-order valence-electron chi connectivity index (χ1n) is 7.28. The van der Waals surface area contributed by atoms with E-state index in [2.05, 4.69) is 15.3 Å². The molecule has 1 aromatic heterocycles. The third-order valence-electron chi connectivity index (χ3n) is 4.00. The van der Waals surface area contributed by atoms with Crippen molar-refractivity contribution in [2.24, 2.45) is 0 Å². The largest absolute Gasteiger partial charge is 0.480 e. The quantitative estimate of drug-likeness (QED) is 0.781. The van der Waals surface area contributed by atoms with Gasteiger partial charge in [-0.3, -0.25) is 0 Å². The summed E-state index contributed by atoms with van der Waals surface area (Å²) in [6, 6.07) is -0.994. The van der Waals surface area contributed by atoms with Crippen LogP contribution in [0.25, 0.3) is 0 Å². The van der Waals surface area contributed by atoms with Crippen LogP contribution < -0.4 is 5.32 Å². The molecule has 1 saturated heterocycles. The molecule has 0 saturated carbocycles. The first-order chi connectivity index (χ1) is 9.99. The number of hydrogen-bond acceptors (Lipinski definition) is 3. The number of amides is 2.